The molecule has 162 valence electrons. The van der Waals surface area contributed by atoms with E-state index in [9.17, 15) is 9.90 Å². The normalized spacial score (nSPS) is 21.5. The van der Waals surface area contributed by atoms with Gasteiger partial charge in [-0.05, 0) is 37.9 Å². The molecule has 0 aliphatic carbocycles. The van der Waals surface area contributed by atoms with E-state index in [0.717, 1.165) is 49.8 Å². The Balaban J connectivity index is 1.57. The molecule has 2 saturated heterocycles. The van der Waals surface area contributed by atoms with Crippen LogP contribution in [0.3, 0.4) is 0 Å². The van der Waals surface area contributed by atoms with Crippen molar-refractivity contribution in [2.24, 2.45) is 5.92 Å². The number of aromatic nitrogens is 3. The average molecular weight is 421 g/mol. The number of benzene rings is 1. The van der Waals surface area contributed by atoms with Crippen LogP contribution in [0.2, 0.25) is 0 Å². The molecule has 0 unspecified atom stereocenters. The Morgan fingerprint density at radius 3 is 2.87 bits per heavy atom. The lowest BCUT2D eigenvalue weighted by atomic mass is 10.1. The van der Waals surface area contributed by atoms with Gasteiger partial charge in [0.2, 0.25) is 5.95 Å². The number of rotatable bonds is 5. The van der Waals surface area contributed by atoms with Gasteiger partial charge < -0.3 is 20.6 Å². The quantitative estimate of drug-likeness (QED) is 0.500. The van der Waals surface area contributed by atoms with Crippen LogP contribution >= 0.6 is 0 Å². The first kappa shape index (κ1) is 20.0. The molecule has 8 nitrogen and oxygen atoms in total. The molecule has 0 amide bonds. The first-order valence-electron chi connectivity index (χ1n) is 11.0. The number of anilines is 2. The number of aromatic amines is 1. The number of aliphatic hydroxyl groups excluding tert-OH is 1. The molecule has 3 aromatic rings. The van der Waals surface area contributed by atoms with Gasteiger partial charge in [0.05, 0.1) is 11.2 Å². The summed E-state index contributed by atoms with van der Waals surface area (Å²) in [5.41, 5.74) is 1.73. The fourth-order valence-corrected chi connectivity index (χ4v) is 4.50. The highest BCUT2D eigenvalue weighted by molar-refractivity contribution is 5.83. The number of hydrogen-bond donors (Lipinski definition) is 4. The second kappa shape index (κ2) is 8.64. The maximum Gasteiger partial charge on any atom is 0.263 e. The fourth-order valence-electron chi connectivity index (χ4n) is 4.50. The number of nitrogens with zero attached hydrogens (tertiary/aromatic N) is 3. The highest BCUT2D eigenvalue weighted by Gasteiger charge is 2.26. The molecular formula is C23H28N6O2. The number of fused-ring (bicyclic) bond motifs is 1. The van der Waals surface area contributed by atoms with Gasteiger partial charge in [-0.25, -0.2) is 4.98 Å². The van der Waals surface area contributed by atoms with Crippen LogP contribution in [0.4, 0.5) is 11.8 Å². The van der Waals surface area contributed by atoms with Crippen LogP contribution in [-0.4, -0.2) is 58.9 Å². The molecule has 2 aromatic heterocycles. The Morgan fingerprint density at radius 2 is 2.06 bits per heavy atom. The van der Waals surface area contributed by atoms with Crippen molar-refractivity contribution < 1.29 is 5.11 Å². The summed E-state index contributed by atoms with van der Waals surface area (Å²) in [5, 5.41) is 17.4. The Labute approximate surface area is 180 Å². The summed E-state index contributed by atoms with van der Waals surface area (Å²) in [5.74, 6) is 1.34. The first-order valence-corrected chi connectivity index (χ1v) is 11.0. The zero-order chi connectivity index (χ0) is 21.2. The summed E-state index contributed by atoms with van der Waals surface area (Å²) < 4.78 is 0. The third kappa shape index (κ3) is 4.13. The monoisotopic (exact) mass is 420 g/mol. The lowest BCUT2D eigenvalue weighted by Crippen LogP contribution is -2.39. The van der Waals surface area contributed by atoms with Gasteiger partial charge in [-0.15, -0.1) is 0 Å². The minimum absolute atomic E-state index is 0.151. The molecule has 5 rings (SSSR count). The molecule has 0 radical (unpaired) electrons. The Morgan fingerprint density at radius 1 is 1.16 bits per heavy atom. The third-order valence-corrected chi connectivity index (χ3v) is 6.24. The topological polar surface area (TPSA) is 106 Å². The molecule has 2 aliphatic heterocycles. The third-order valence-electron chi connectivity index (χ3n) is 6.24. The summed E-state index contributed by atoms with van der Waals surface area (Å²) in [6.07, 6.45) is 3.00. The maximum atomic E-state index is 13.3. The fraction of sp³-hybridized carbons (Fsp3) is 0.435. The van der Waals surface area contributed by atoms with Crippen molar-refractivity contribution in [1.82, 2.24) is 20.3 Å². The van der Waals surface area contributed by atoms with Crippen LogP contribution in [0.5, 0.6) is 0 Å². The van der Waals surface area contributed by atoms with Gasteiger partial charge in [0, 0.05) is 43.6 Å². The van der Waals surface area contributed by atoms with Gasteiger partial charge in [0.15, 0.2) is 0 Å². The van der Waals surface area contributed by atoms with E-state index in [0.29, 0.717) is 29.6 Å². The van der Waals surface area contributed by atoms with Crippen molar-refractivity contribution in [1.29, 1.82) is 0 Å². The van der Waals surface area contributed by atoms with Crippen molar-refractivity contribution in [3.8, 4) is 11.3 Å². The largest absolute Gasteiger partial charge is 0.396 e. The van der Waals surface area contributed by atoms with Crippen molar-refractivity contribution in [2.45, 2.75) is 25.3 Å². The number of aliphatic hydroxyl groups is 1. The van der Waals surface area contributed by atoms with E-state index < -0.39 is 0 Å². The molecule has 4 heterocycles. The standard InChI is InChI=1S/C23H28N6O2/c30-14-15-9-11-29(13-15)23-27-21(25-17-5-3-10-24-12-17)20(22(31)28-23)19-8-7-16-4-1-2-6-18(16)26-19/h1-2,4,6-8,15,17,24,30H,3,5,9-14H2,(H2,25,27,28,31)/t15-,17+/m0/s1. The number of para-hydroxylation sites is 1. The Bertz CT molecular complexity index is 1120. The highest BCUT2D eigenvalue weighted by atomic mass is 16.3. The van der Waals surface area contributed by atoms with Crippen LogP contribution < -0.4 is 21.1 Å². The van der Waals surface area contributed by atoms with Crippen LogP contribution in [-0.2, 0) is 0 Å². The second-order valence-corrected chi connectivity index (χ2v) is 8.47. The average Bonchev–Trinajstić information content (AvgIpc) is 3.29. The molecule has 0 bridgehead atoms. The minimum Gasteiger partial charge on any atom is -0.396 e. The SMILES string of the molecule is O=c1[nH]c(N2CC[C@H](CO)C2)nc(N[C@@H]2CCCNC2)c1-c1ccc2ccccc2n1. The van der Waals surface area contributed by atoms with Crippen LogP contribution in [0.15, 0.2) is 41.2 Å². The van der Waals surface area contributed by atoms with Crippen molar-refractivity contribution in [3.05, 3.63) is 46.8 Å². The summed E-state index contributed by atoms with van der Waals surface area (Å²) in [6, 6.07) is 12.0. The molecule has 31 heavy (non-hydrogen) atoms. The summed E-state index contributed by atoms with van der Waals surface area (Å²) in [6.45, 7) is 3.47. The van der Waals surface area contributed by atoms with E-state index in [1.807, 2.05) is 41.3 Å². The van der Waals surface area contributed by atoms with Crippen molar-refractivity contribution in [3.63, 3.8) is 0 Å². The van der Waals surface area contributed by atoms with Crippen LogP contribution in [0.1, 0.15) is 19.3 Å². The maximum absolute atomic E-state index is 13.3. The van der Waals surface area contributed by atoms with Gasteiger partial charge >= 0.3 is 0 Å². The molecular weight excluding hydrogens is 392 g/mol. The molecule has 2 aliphatic rings. The summed E-state index contributed by atoms with van der Waals surface area (Å²) >= 11 is 0. The molecule has 0 spiro atoms. The molecule has 4 N–H and O–H groups in total. The van der Waals surface area contributed by atoms with E-state index >= 15 is 0 Å². The minimum atomic E-state index is -0.202. The summed E-state index contributed by atoms with van der Waals surface area (Å²) in [7, 11) is 0. The van der Waals surface area contributed by atoms with E-state index in [-0.39, 0.29) is 24.1 Å². The predicted octanol–water partition coefficient (Wildman–Crippen LogP) is 1.97. The second-order valence-electron chi connectivity index (χ2n) is 8.47. The van der Waals surface area contributed by atoms with Gasteiger partial charge in [0.25, 0.3) is 5.56 Å². The number of piperidine rings is 1. The van der Waals surface area contributed by atoms with Gasteiger partial charge in [-0.2, -0.15) is 4.98 Å². The van der Waals surface area contributed by atoms with E-state index in [2.05, 4.69) is 15.6 Å². The van der Waals surface area contributed by atoms with Crippen LogP contribution in [0.25, 0.3) is 22.2 Å². The number of H-pyrrole nitrogens is 1. The molecule has 8 heteroatoms. The van der Waals surface area contributed by atoms with Crippen molar-refractivity contribution >= 4 is 22.7 Å². The smallest absolute Gasteiger partial charge is 0.263 e. The van der Waals surface area contributed by atoms with Gasteiger partial charge in [-0.1, -0.05) is 24.3 Å². The number of nitrogens with one attached hydrogen (secondary N) is 3. The zero-order valence-electron chi connectivity index (χ0n) is 17.5. The zero-order valence-corrected chi connectivity index (χ0v) is 17.5. The van der Waals surface area contributed by atoms with Gasteiger partial charge in [0.1, 0.15) is 11.4 Å². The molecule has 2 atom stereocenters. The first-order chi connectivity index (χ1) is 15.2. The highest BCUT2D eigenvalue weighted by Crippen LogP contribution is 2.28. The van der Waals surface area contributed by atoms with E-state index in [1.165, 1.54) is 0 Å². The molecule has 0 saturated carbocycles. The predicted molar refractivity (Wildman–Crippen MR) is 123 cm³/mol. The molecule has 2 fully saturated rings. The Hall–Kier alpha value is -2.97. The van der Waals surface area contributed by atoms with E-state index in [1.54, 1.807) is 0 Å². The van der Waals surface area contributed by atoms with Crippen molar-refractivity contribution in [2.75, 3.05) is 43.0 Å². The van der Waals surface area contributed by atoms with Gasteiger partial charge in [-0.3, -0.25) is 9.78 Å². The van der Waals surface area contributed by atoms with E-state index in [4.69, 9.17) is 9.97 Å². The number of pyridine rings is 1. The summed E-state index contributed by atoms with van der Waals surface area (Å²) in [4.78, 5) is 27.9. The number of hydrogen-bond acceptors (Lipinski definition) is 7. The lowest BCUT2D eigenvalue weighted by molar-refractivity contribution is 0.238. The lowest BCUT2D eigenvalue weighted by Gasteiger charge is -2.26. The van der Waals surface area contributed by atoms with Crippen LogP contribution in [0, 0.1) is 5.92 Å². The molecule has 1 aromatic carbocycles. The Kier molecular flexibility index (Phi) is 5.57.